The number of hydrogen-bond donors (Lipinski definition) is 0. The smallest absolute Gasteiger partial charge is 0.255 e. The van der Waals surface area contributed by atoms with Crippen LogP contribution in [0, 0.1) is 18.3 Å². The third-order valence-corrected chi connectivity index (χ3v) is 8.23. The van der Waals surface area contributed by atoms with Crippen LogP contribution in [0.3, 0.4) is 0 Å². The predicted molar refractivity (Wildman–Crippen MR) is 140 cm³/mol. The van der Waals surface area contributed by atoms with E-state index in [4.69, 9.17) is 5.26 Å². The van der Waals surface area contributed by atoms with Crippen LogP contribution in [0.25, 0.3) is 15.9 Å². The van der Waals surface area contributed by atoms with Crippen molar-refractivity contribution >= 4 is 33.0 Å². The fraction of sp³-hybridized carbons (Fsp3) is 0.462. The van der Waals surface area contributed by atoms with Gasteiger partial charge in [0.1, 0.15) is 11.5 Å². The van der Waals surface area contributed by atoms with Crippen LogP contribution >= 0.6 is 11.3 Å². The highest BCUT2D eigenvalue weighted by atomic mass is 32.1. The van der Waals surface area contributed by atoms with Gasteiger partial charge in [-0.25, -0.2) is 9.50 Å². The van der Waals surface area contributed by atoms with Gasteiger partial charge in [0.15, 0.2) is 0 Å². The summed E-state index contributed by atoms with van der Waals surface area (Å²) in [5.41, 5.74) is 3.69. The van der Waals surface area contributed by atoms with Crippen molar-refractivity contribution in [2.45, 2.75) is 58.7 Å². The number of benzene rings is 1. The lowest BCUT2D eigenvalue weighted by Crippen LogP contribution is -2.58. The molecule has 0 saturated carbocycles. The molecule has 4 heterocycles. The molecule has 0 amide bonds. The summed E-state index contributed by atoms with van der Waals surface area (Å²) in [5, 5.41) is 14.9. The standard InChI is InChI=1S/C26H31N7OS/c1-6-21-15-31(25-13-26(34)30(5)24-12-20(9-10-27)29-33(24)25)16(2)14-32(21)17(3)19-7-8-22-23(11-19)35-18(4)28-22/h7-8,11-13,16-17,21H,6,9,14-15H2,1-5H3/t16-,17+,21+/m0/s1. The summed E-state index contributed by atoms with van der Waals surface area (Å²) in [6, 6.07) is 13.1. The molecule has 3 aromatic heterocycles. The molecule has 5 rings (SSSR count). The number of piperazine rings is 1. The van der Waals surface area contributed by atoms with E-state index in [9.17, 15) is 4.79 Å². The third-order valence-electron chi connectivity index (χ3n) is 7.29. The van der Waals surface area contributed by atoms with Crippen molar-refractivity contribution in [2.75, 3.05) is 18.0 Å². The molecule has 1 saturated heterocycles. The van der Waals surface area contributed by atoms with Crippen molar-refractivity contribution in [1.29, 1.82) is 5.26 Å². The summed E-state index contributed by atoms with van der Waals surface area (Å²) < 4.78 is 4.66. The number of thiazole rings is 1. The van der Waals surface area contributed by atoms with Crippen molar-refractivity contribution in [3.8, 4) is 6.07 Å². The first kappa shape index (κ1) is 23.5. The molecule has 1 fully saturated rings. The summed E-state index contributed by atoms with van der Waals surface area (Å²) in [6.07, 6.45) is 1.22. The number of nitrogens with zero attached hydrogens (tertiary/aromatic N) is 7. The molecule has 0 spiro atoms. The molecule has 0 bridgehead atoms. The maximum absolute atomic E-state index is 12.8. The van der Waals surface area contributed by atoms with Gasteiger partial charge in [0, 0.05) is 50.4 Å². The Morgan fingerprint density at radius 1 is 1.26 bits per heavy atom. The highest BCUT2D eigenvalue weighted by Gasteiger charge is 2.35. The average Bonchev–Trinajstić information content (AvgIpc) is 3.43. The second-order valence-electron chi connectivity index (χ2n) is 9.54. The minimum absolute atomic E-state index is 0.0693. The summed E-state index contributed by atoms with van der Waals surface area (Å²) in [6.45, 7) is 10.5. The number of fused-ring (bicyclic) bond motifs is 2. The lowest BCUT2D eigenvalue weighted by Gasteiger charge is -2.48. The van der Waals surface area contributed by atoms with Gasteiger partial charge in [0.25, 0.3) is 5.56 Å². The second-order valence-corrected chi connectivity index (χ2v) is 10.8. The largest absolute Gasteiger partial charge is 0.351 e. The Labute approximate surface area is 209 Å². The summed E-state index contributed by atoms with van der Waals surface area (Å²) in [5.74, 6) is 0.798. The van der Waals surface area contributed by atoms with Crippen LogP contribution in [-0.4, -0.2) is 49.2 Å². The molecule has 9 heteroatoms. The Morgan fingerprint density at radius 3 is 2.80 bits per heavy atom. The Balaban J connectivity index is 1.48. The molecular weight excluding hydrogens is 458 g/mol. The van der Waals surface area contributed by atoms with Crippen LogP contribution in [0.1, 0.15) is 49.5 Å². The molecule has 182 valence electrons. The van der Waals surface area contributed by atoms with Crippen molar-refractivity contribution in [3.63, 3.8) is 0 Å². The summed E-state index contributed by atoms with van der Waals surface area (Å²) in [7, 11) is 1.75. The van der Waals surface area contributed by atoms with E-state index >= 15 is 0 Å². The van der Waals surface area contributed by atoms with E-state index in [0.29, 0.717) is 17.4 Å². The maximum Gasteiger partial charge on any atom is 0.255 e. The molecule has 0 N–H and O–H groups in total. The topological polar surface area (TPSA) is 82.5 Å². The Kier molecular flexibility index (Phi) is 6.11. The molecule has 35 heavy (non-hydrogen) atoms. The first-order valence-corrected chi connectivity index (χ1v) is 13.0. The molecule has 0 aliphatic carbocycles. The van der Waals surface area contributed by atoms with Gasteiger partial charge in [0.2, 0.25) is 0 Å². The molecule has 1 aliphatic heterocycles. The van der Waals surface area contributed by atoms with Crippen molar-refractivity contribution in [1.82, 2.24) is 24.1 Å². The minimum atomic E-state index is -0.0693. The van der Waals surface area contributed by atoms with Crippen LogP contribution in [-0.2, 0) is 13.5 Å². The normalized spacial score (nSPS) is 19.9. The van der Waals surface area contributed by atoms with E-state index in [1.807, 2.05) is 10.6 Å². The van der Waals surface area contributed by atoms with Crippen LogP contribution in [0.2, 0.25) is 0 Å². The molecular formula is C26H31N7OS. The summed E-state index contributed by atoms with van der Waals surface area (Å²) in [4.78, 5) is 22.3. The summed E-state index contributed by atoms with van der Waals surface area (Å²) >= 11 is 1.74. The lowest BCUT2D eigenvalue weighted by atomic mass is 9.98. The van der Waals surface area contributed by atoms with E-state index in [1.54, 1.807) is 29.0 Å². The fourth-order valence-electron chi connectivity index (χ4n) is 5.31. The SMILES string of the molecule is CC[C@@H]1CN(c2cc(=O)n(C)c3cc(CC#N)nn23)[C@@H](C)CN1[C@H](C)c1ccc2nc(C)sc2c1. The number of anilines is 1. The number of aromatic nitrogens is 4. The molecule has 1 aromatic carbocycles. The highest BCUT2D eigenvalue weighted by molar-refractivity contribution is 7.18. The number of hydrogen-bond acceptors (Lipinski definition) is 7. The van der Waals surface area contributed by atoms with Crippen LogP contribution < -0.4 is 10.5 Å². The van der Waals surface area contributed by atoms with Gasteiger partial charge in [-0.3, -0.25) is 14.3 Å². The molecule has 1 aliphatic rings. The third kappa shape index (κ3) is 4.11. The monoisotopic (exact) mass is 489 g/mol. The molecule has 0 radical (unpaired) electrons. The molecule has 8 nitrogen and oxygen atoms in total. The number of nitriles is 1. The van der Waals surface area contributed by atoms with E-state index in [0.717, 1.165) is 35.9 Å². The van der Waals surface area contributed by atoms with Crippen molar-refractivity contribution in [2.24, 2.45) is 7.05 Å². The van der Waals surface area contributed by atoms with Crippen molar-refractivity contribution in [3.05, 3.63) is 57.0 Å². The van der Waals surface area contributed by atoms with Crippen LogP contribution in [0.15, 0.2) is 35.1 Å². The van der Waals surface area contributed by atoms with Gasteiger partial charge in [-0.15, -0.1) is 11.3 Å². The zero-order chi connectivity index (χ0) is 24.9. The predicted octanol–water partition coefficient (Wildman–Crippen LogP) is 4.07. The quantitative estimate of drug-likeness (QED) is 0.420. The van der Waals surface area contributed by atoms with Crippen LogP contribution in [0.5, 0.6) is 0 Å². The molecule has 0 unspecified atom stereocenters. The average molecular weight is 490 g/mol. The van der Waals surface area contributed by atoms with E-state index < -0.39 is 0 Å². The second kappa shape index (κ2) is 9.10. The zero-order valence-corrected chi connectivity index (χ0v) is 21.7. The highest BCUT2D eigenvalue weighted by Crippen LogP contribution is 2.33. The van der Waals surface area contributed by atoms with E-state index in [-0.39, 0.29) is 24.1 Å². The zero-order valence-electron chi connectivity index (χ0n) is 20.9. The first-order valence-electron chi connectivity index (χ1n) is 12.2. The Hall–Kier alpha value is -3.22. The number of rotatable bonds is 5. The van der Waals surface area contributed by atoms with E-state index in [1.165, 1.54) is 10.3 Å². The van der Waals surface area contributed by atoms with Gasteiger partial charge >= 0.3 is 0 Å². The molecule has 3 atom stereocenters. The van der Waals surface area contributed by atoms with Gasteiger partial charge in [-0.1, -0.05) is 13.0 Å². The van der Waals surface area contributed by atoms with Gasteiger partial charge < -0.3 is 4.90 Å². The van der Waals surface area contributed by atoms with Crippen molar-refractivity contribution < 1.29 is 0 Å². The Bertz CT molecular complexity index is 1490. The Morgan fingerprint density at radius 2 is 2.06 bits per heavy atom. The van der Waals surface area contributed by atoms with Gasteiger partial charge in [-0.2, -0.15) is 10.4 Å². The van der Waals surface area contributed by atoms with E-state index in [2.05, 4.69) is 71.8 Å². The lowest BCUT2D eigenvalue weighted by molar-refractivity contribution is 0.105. The van der Waals surface area contributed by atoms with Crippen LogP contribution in [0.4, 0.5) is 5.82 Å². The minimum Gasteiger partial charge on any atom is -0.351 e. The number of aryl methyl sites for hydroxylation is 2. The van der Waals surface area contributed by atoms with Gasteiger partial charge in [0.05, 0.1) is 33.4 Å². The fourth-order valence-corrected chi connectivity index (χ4v) is 6.18. The maximum atomic E-state index is 12.8. The first-order chi connectivity index (χ1) is 16.8. The van der Waals surface area contributed by atoms with Gasteiger partial charge in [-0.05, 0) is 44.9 Å². The molecule has 4 aromatic rings.